The van der Waals surface area contributed by atoms with Crippen molar-refractivity contribution in [3.8, 4) is 0 Å². The molecule has 0 unspecified atom stereocenters. The molecule has 0 atom stereocenters. The quantitative estimate of drug-likeness (QED) is 0.853. The van der Waals surface area contributed by atoms with Crippen molar-refractivity contribution in [3.63, 3.8) is 0 Å². The summed E-state index contributed by atoms with van der Waals surface area (Å²) in [5.41, 5.74) is 5.58. The van der Waals surface area contributed by atoms with E-state index >= 15 is 0 Å². The Morgan fingerprint density at radius 1 is 0.957 bits per heavy atom. The molecule has 1 aliphatic carbocycles. The van der Waals surface area contributed by atoms with Gasteiger partial charge in [0, 0.05) is 38.6 Å². The minimum absolute atomic E-state index is 0.337. The zero-order chi connectivity index (χ0) is 16.4. The minimum atomic E-state index is 0.337. The number of nitrogens with zero attached hydrogens (tertiary/aromatic N) is 2. The summed E-state index contributed by atoms with van der Waals surface area (Å²) in [6.07, 6.45) is 4.56. The van der Waals surface area contributed by atoms with Gasteiger partial charge < -0.3 is 4.90 Å². The van der Waals surface area contributed by atoms with Gasteiger partial charge in [-0.1, -0.05) is 18.6 Å². The van der Waals surface area contributed by atoms with Gasteiger partial charge in [-0.2, -0.15) is 0 Å². The number of carbonyl (C=O) groups is 1. The summed E-state index contributed by atoms with van der Waals surface area (Å²) >= 11 is 0. The first-order chi connectivity index (χ1) is 11.0. The molecule has 1 amide bonds. The minimum Gasteiger partial charge on any atom is -0.341 e. The summed E-state index contributed by atoms with van der Waals surface area (Å²) in [7, 11) is 0. The van der Waals surface area contributed by atoms with Gasteiger partial charge in [0.25, 0.3) is 0 Å². The smallest absolute Gasteiger partial charge is 0.225 e. The standard InChI is InChI=1S/C20H30N2O/c1-15-12-17(3)19(13-16(15)2)14-21-8-5-9-22(11-10-21)20(23)18-6-4-7-18/h12-13,18H,4-11,14H2,1-3H3. The molecule has 2 aliphatic rings. The predicted octanol–water partition coefficient (Wildman–Crippen LogP) is 3.45. The molecule has 23 heavy (non-hydrogen) atoms. The third-order valence-corrected chi connectivity index (χ3v) is 5.70. The number of carbonyl (C=O) groups excluding carboxylic acids is 1. The topological polar surface area (TPSA) is 23.6 Å². The molecule has 3 rings (SSSR count). The van der Waals surface area contributed by atoms with E-state index in [2.05, 4.69) is 42.7 Å². The second-order valence-corrected chi connectivity index (χ2v) is 7.45. The van der Waals surface area contributed by atoms with Crippen molar-refractivity contribution in [2.45, 2.75) is 53.0 Å². The number of hydrogen-bond donors (Lipinski definition) is 0. The van der Waals surface area contributed by atoms with E-state index in [9.17, 15) is 4.79 Å². The van der Waals surface area contributed by atoms with Crippen LogP contribution in [-0.2, 0) is 11.3 Å². The highest BCUT2D eigenvalue weighted by Gasteiger charge is 2.30. The molecule has 1 aromatic rings. The maximum Gasteiger partial charge on any atom is 0.225 e. The maximum atomic E-state index is 12.4. The van der Waals surface area contributed by atoms with E-state index in [-0.39, 0.29) is 0 Å². The zero-order valence-corrected chi connectivity index (χ0v) is 14.9. The molecule has 3 nitrogen and oxygen atoms in total. The molecule has 1 aliphatic heterocycles. The molecular weight excluding hydrogens is 284 g/mol. The van der Waals surface area contributed by atoms with Crippen LogP contribution in [0.25, 0.3) is 0 Å². The van der Waals surface area contributed by atoms with Crippen LogP contribution in [0.3, 0.4) is 0 Å². The van der Waals surface area contributed by atoms with Gasteiger partial charge in [-0.05, 0) is 62.3 Å². The van der Waals surface area contributed by atoms with Crippen molar-refractivity contribution in [3.05, 3.63) is 34.4 Å². The highest BCUT2D eigenvalue weighted by Crippen LogP contribution is 2.28. The fourth-order valence-corrected chi connectivity index (χ4v) is 3.69. The van der Waals surface area contributed by atoms with Crippen LogP contribution in [-0.4, -0.2) is 41.9 Å². The number of aryl methyl sites for hydroxylation is 3. The Morgan fingerprint density at radius 3 is 2.39 bits per heavy atom. The Balaban J connectivity index is 1.60. The molecule has 0 radical (unpaired) electrons. The van der Waals surface area contributed by atoms with Gasteiger partial charge in [-0.25, -0.2) is 0 Å². The number of hydrogen-bond acceptors (Lipinski definition) is 2. The first-order valence-electron chi connectivity index (χ1n) is 9.12. The van der Waals surface area contributed by atoms with Crippen molar-refractivity contribution < 1.29 is 4.79 Å². The average Bonchev–Trinajstić information content (AvgIpc) is 2.68. The Hall–Kier alpha value is -1.35. The van der Waals surface area contributed by atoms with Crippen LogP contribution in [0.2, 0.25) is 0 Å². The summed E-state index contributed by atoms with van der Waals surface area (Å²) in [5.74, 6) is 0.754. The Kier molecular flexibility index (Phi) is 5.05. The molecule has 3 heteroatoms. The van der Waals surface area contributed by atoms with E-state index in [1.54, 1.807) is 0 Å². The normalized spacial score (nSPS) is 20.2. The van der Waals surface area contributed by atoms with Crippen LogP contribution in [0.1, 0.15) is 47.9 Å². The lowest BCUT2D eigenvalue weighted by Gasteiger charge is -2.31. The Labute approximate surface area is 140 Å². The molecular formula is C20H30N2O. The van der Waals surface area contributed by atoms with Crippen LogP contribution in [0.5, 0.6) is 0 Å². The second kappa shape index (κ2) is 7.04. The third kappa shape index (κ3) is 3.77. The first-order valence-corrected chi connectivity index (χ1v) is 9.12. The van der Waals surface area contributed by atoms with Gasteiger partial charge in [0.1, 0.15) is 0 Å². The third-order valence-electron chi connectivity index (χ3n) is 5.70. The number of rotatable bonds is 3. The van der Waals surface area contributed by atoms with Gasteiger partial charge in [0.2, 0.25) is 5.91 Å². The van der Waals surface area contributed by atoms with Gasteiger partial charge in [-0.3, -0.25) is 9.69 Å². The lowest BCUT2D eigenvalue weighted by molar-refractivity contribution is -0.138. The van der Waals surface area contributed by atoms with Crippen molar-refractivity contribution in [1.29, 1.82) is 0 Å². The number of amides is 1. The summed E-state index contributed by atoms with van der Waals surface area (Å²) in [6, 6.07) is 4.64. The molecule has 1 aromatic carbocycles. The molecule has 0 spiro atoms. The van der Waals surface area contributed by atoms with Gasteiger partial charge in [0.15, 0.2) is 0 Å². The van der Waals surface area contributed by atoms with E-state index in [0.717, 1.165) is 52.0 Å². The van der Waals surface area contributed by atoms with Crippen molar-refractivity contribution in [2.24, 2.45) is 5.92 Å². The van der Waals surface area contributed by atoms with Crippen LogP contribution in [0, 0.1) is 26.7 Å². The maximum absolute atomic E-state index is 12.4. The summed E-state index contributed by atoms with van der Waals surface area (Å²) in [4.78, 5) is 17.1. The Bertz CT molecular complexity index is 577. The summed E-state index contributed by atoms with van der Waals surface area (Å²) < 4.78 is 0. The highest BCUT2D eigenvalue weighted by molar-refractivity contribution is 5.79. The predicted molar refractivity (Wildman–Crippen MR) is 94.5 cm³/mol. The monoisotopic (exact) mass is 314 g/mol. The second-order valence-electron chi connectivity index (χ2n) is 7.45. The van der Waals surface area contributed by atoms with Crippen molar-refractivity contribution >= 4 is 5.91 Å². The molecule has 2 fully saturated rings. The molecule has 0 bridgehead atoms. The SMILES string of the molecule is Cc1cc(C)c(CN2CCCN(C(=O)C3CCC3)CC2)cc1C. The van der Waals surface area contributed by atoms with E-state index in [0.29, 0.717) is 11.8 Å². The van der Waals surface area contributed by atoms with E-state index in [1.165, 1.54) is 28.7 Å². The summed E-state index contributed by atoms with van der Waals surface area (Å²) in [5, 5.41) is 0. The van der Waals surface area contributed by atoms with E-state index in [1.807, 2.05) is 0 Å². The fourth-order valence-electron chi connectivity index (χ4n) is 3.69. The molecule has 126 valence electrons. The lowest BCUT2D eigenvalue weighted by Crippen LogP contribution is -2.41. The molecule has 0 aromatic heterocycles. The molecule has 1 saturated heterocycles. The molecule has 1 saturated carbocycles. The van der Waals surface area contributed by atoms with Gasteiger partial charge >= 0.3 is 0 Å². The van der Waals surface area contributed by atoms with Crippen LogP contribution < -0.4 is 0 Å². The molecule has 0 N–H and O–H groups in total. The van der Waals surface area contributed by atoms with E-state index < -0.39 is 0 Å². The summed E-state index contributed by atoms with van der Waals surface area (Å²) in [6.45, 7) is 11.6. The zero-order valence-electron chi connectivity index (χ0n) is 14.9. The van der Waals surface area contributed by atoms with Crippen molar-refractivity contribution in [2.75, 3.05) is 26.2 Å². The number of benzene rings is 1. The van der Waals surface area contributed by atoms with Crippen LogP contribution in [0.15, 0.2) is 12.1 Å². The van der Waals surface area contributed by atoms with Gasteiger partial charge in [-0.15, -0.1) is 0 Å². The van der Waals surface area contributed by atoms with Crippen LogP contribution >= 0.6 is 0 Å². The van der Waals surface area contributed by atoms with E-state index in [4.69, 9.17) is 0 Å². The first kappa shape index (κ1) is 16.5. The van der Waals surface area contributed by atoms with Gasteiger partial charge in [0.05, 0.1) is 0 Å². The molecule has 1 heterocycles. The Morgan fingerprint density at radius 2 is 1.70 bits per heavy atom. The average molecular weight is 314 g/mol. The lowest BCUT2D eigenvalue weighted by atomic mass is 9.84. The largest absolute Gasteiger partial charge is 0.341 e. The van der Waals surface area contributed by atoms with Crippen LogP contribution in [0.4, 0.5) is 0 Å². The highest BCUT2D eigenvalue weighted by atomic mass is 16.2. The van der Waals surface area contributed by atoms with Crippen molar-refractivity contribution in [1.82, 2.24) is 9.80 Å². The fraction of sp³-hybridized carbons (Fsp3) is 0.650.